The van der Waals surface area contributed by atoms with Gasteiger partial charge in [0.15, 0.2) is 0 Å². The van der Waals surface area contributed by atoms with Crippen molar-refractivity contribution in [2.75, 3.05) is 9.80 Å². The average Bonchev–Trinajstić information content (AvgIpc) is 0.689. The normalized spacial score (nSPS) is 13.7. The predicted octanol–water partition coefficient (Wildman–Crippen LogP) is 23.8. The van der Waals surface area contributed by atoms with Crippen molar-refractivity contribution in [3.63, 3.8) is 0 Å². The molecule has 2 aliphatic heterocycles. The smallest absolute Gasteiger partial charge is 0.252 e. The zero-order valence-corrected chi connectivity index (χ0v) is 59.7. The topological polar surface area (TPSA) is 6.48 Å². The summed E-state index contributed by atoms with van der Waals surface area (Å²) < 4.78 is 0. The van der Waals surface area contributed by atoms with Crippen LogP contribution in [0, 0.1) is 0 Å². The van der Waals surface area contributed by atoms with Gasteiger partial charge in [-0.2, -0.15) is 0 Å². The van der Waals surface area contributed by atoms with E-state index in [0.29, 0.717) is 5.02 Å². The van der Waals surface area contributed by atoms with E-state index >= 15 is 0 Å². The minimum absolute atomic E-state index is 0.0129. The van der Waals surface area contributed by atoms with Crippen molar-refractivity contribution >= 4 is 68.8 Å². The Morgan fingerprint density at radius 2 is 0.533 bits per heavy atom. The quantitative estimate of drug-likeness (QED) is 0.147. The first kappa shape index (κ1) is 64.3. The number of rotatable bonds is 7. The van der Waals surface area contributed by atoms with E-state index < -0.39 is 0 Å². The summed E-state index contributed by atoms with van der Waals surface area (Å²) in [6, 6.07) is 78.1. The van der Waals surface area contributed by atoms with Gasteiger partial charge < -0.3 is 9.80 Å². The molecule has 0 aliphatic carbocycles. The molecule has 0 fully saturated rings. The van der Waals surface area contributed by atoms with Crippen LogP contribution in [0.1, 0.15) is 184 Å². The highest BCUT2D eigenvalue weighted by molar-refractivity contribution is 7.00. The van der Waals surface area contributed by atoms with Gasteiger partial charge in [0.1, 0.15) is 0 Å². The molecule has 2 heterocycles. The van der Waals surface area contributed by atoms with Crippen LogP contribution in [0.25, 0.3) is 55.6 Å². The van der Waals surface area contributed by atoms with Crippen molar-refractivity contribution in [2.45, 2.75) is 183 Å². The Labute approximate surface area is 558 Å². The summed E-state index contributed by atoms with van der Waals surface area (Å²) in [4.78, 5) is 5.34. The third-order valence-electron chi connectivity index (χ3n) is 19.7. The zero-order chi connectivity index (χ0) is 66.2. The maximum Gasteiger partial charge on any atom is 0.252 e. The molecule has 0 unspecified atom stereocenters. The van der Waals surface area contributed by atoms with Crippen molar-refractivity contribution in [1.82, 2.24) is 0 Å². The molecule has 468 valence electrons. The van der Waals surface area contributed by atoms with Crippen LogP contribution < -0.4 is 26.2 Å². The molecule has 12 rings (SSSR count). The lowest BCUT2D eigenvalue weighted by molar-refractivity contribution is 0.569. The van der Waals surface area contributed by atoms with E-state index in [2.05, 4.69) is 355 Å². The van der Waals surface area contributed by atoms with Crippen molar-refractivity contribution < 1.29 is 0 Å². The summed E-state index contributed by atoms with van der Waals surface area (Å²) in [5, 5.41) is 0.697. The standard InChI is InChI=1S/C88H96BClN2/c1-82(2,3)61-37-28-55(29-38-61)69-24-22-25-70(56-30-39-62(40-31-56)83(4,5)6)80(69)91-75-50-59(60-48-65(86(13,14)15)51-66(49-60)87(16,17)18)36-46-73(75)89-74-47-45-68(90)54-76(74)92(78-53-67(88(19,20)21)52-77(91)79(78)89)81-71(57-32-41-63(42-33-57)84(7,8)9)26-23-27-72(81)58-34-43-64(44-35-58)85(10,11)12/h22-54H,1-21H3. The molecule has 10 aromatic carbocycles. The van der Waals surface area contributed by atoms with Gasteiger partial charge in [0, 0.05) is 50.0 Å². The van der Waals surface area contributed by atoms with Gasteiger partial charge in [0.2, 0.25) is 0 Å². The first-order valence-electron chi connectivity index (χ1n) is 33.5. The molecule has 0 spiro atoms. The number of halogens is 1. The first-order chi connectivity index (χ1) is 42.9. The van der Waals surface area contributed by atoms with E-state index in [1.54, 1.807) is 0 Å². The summed E-state index contributed by atoms with van der Waals surface area (Å²) >= 11 is 7.50. The van der Waals surface area contributed by atoms with Crippen molar-refractivity contribution in [2.24, 2.45) is 0 Å². The summed E-state index contributed by atoms with van der Waals surface area (Å²) in [6.45, 7) is 48.7. The van der Waals surface area contributed by atoms with Crippen LogP contribution >= 0.6 is 11.6 Å². The van der Waals surface area contributed by atoms with Gasteiger partial charge in [0.25, 0.3) is 6.71 Å². The molecule has 0 radical (unpaired) electrons. The average molecular weight is 1230 g/mol. The molecule has 0 saturated heterocycles. The molecule has 0 bridgehead atoms. The van der Waals surface area contributed by atoms with Crippen LogP contribution in [0.2, 0.25) is 5.02 Å². The Morgan fingerprint density at radius 1 is 0.250 bits per heavy atom. The van der Waals surface area contributed by atoms with Crippen molar-refractivity contribution in [1.29, 1.82) is 0 Å². The number of anilines is 6. The fraction of sp³-hybridized carbons (Fsp3) is 0.318. The van der Waals surface area contributed by atoms with E-state index in [1.807, 2.05) is 0 Å². The van der Waals surface area contributed by atoms with Crippen molar-refractivity contribution in [3.05, 3.63) is 244 Å². The van der Waals surface area contributed by atoms with Crippen LogP contribution in [-0.4, -0.2) is 6.71 Å². The van der Waals surface area contributed by atoms with Crippen LogP contribution in [0.3, 0.4) is 0 Å². The van der Waals surface area contributed by atoms with Crippen LogP contribution in [0.4, 0.5) is 34.1 Å². The largest absolute Gasteiger partial charge is 0.310 e. The zero-order valence-electron chi connectivity index (χ0n) is 58.9. The lowest BCUT2D eigenvalue weighted by Gasteiger charge is -2.46. The third kappa shape index (κ3) is 12.0. The van der Waals surface area contributed by atoms with Crippen LogP contribution in [0.5, 0.6) is 0 Å². The van der Waals surface area contributed by atoms with Gasteiger partial charge in [-0.25, -0.2) is 0 Å². The summed E-state index contributed by atoms with van der Waals surface area (Å²) in [6.07, 6.45) is 0. The van der Waals surface area contributed by atoms with E-state index in [1.165, 1.54) is 94.4 Å². The Kier molecular flexibility index (Phi) is 15.9. The first-order valence-corrected chi connectivity index (χ1v) is 33.9. The Morgan fingerprint density at radius 3 is 0.848 bits per heavy atom. The van der Waals surface area contributed by atoms with Crippen molar-refractivity contribution in [3.8, 4) is 55.6 Å². The number of para-hydroxylation sites is 2. The molecule has 10 aromatic rings. The summed E-state index contributed by atoms with van der Waals surface area (Å²) in [5.74, 6) is 0. The number of fused-ring (bicyclic) bond motifs is 4. The molecule has 0 amide bonds. The molecule has 2 aliphatic rings. The van der Waals surface area contributed by atoms with E-state index in [-0.39, 0.29) is 44.6 Å². The van der Waals surface area contributed by atoms with Gasteiger partial charge >= 0.3 is 0 Å². The van der Waals surface area contributed by atoms with Crippen LogP contribution in [0.15, 0.2) is 200 Å². The van der Waals surface area contributed by atoms with Gasteiger partial charge in [-0.3, -0.25) is 0 Å². The van der Waals surface area contributed by atoms with Gasteiger partial charge in [-0.15, -0.1) is 0 Å². The van der Waals surface area contributed by atoms with E-state index in [4.69, 9.17) is 11.6 Å². The second-order valence-electron chi connectivity index (χ2n) is 33.8. The third-order valence-corrected chi connectivity index (χ3v) is 19.9. The molecule has 0 atom stereocenters. The maximum absolute atomic E-state index is 7.50. The number of hydrogen-bond donors (Lipinski definition) is 0. The number of benzene rings is 10. The minimum Gasteiger partial charge on any atom is -0.310 e. The molecule has 0 N–H and O–H groups in total. The Hall–Kier alpha value is -7.85. The molecule has 0 aromatic heterocycles. The van der Waals surface area contributed by atoms with E-state index in [9.17, 15) is 0 Å². The highest BCUT2D eigenvalue weighted by Crippen LogP contribution is 2.55. The molecule has 0 saturated carbocycles. The van der Waals surface area contributed by atoms with E-state index in [0.717, 1.165) is 50.7 Å². The summed E-state index contributed by atoms with van der Waals surface area (Å²) in [5.41, 5.74) is 30.9. The number of nitrogens with zero attached hydrogens (tertiary/aromatic N) is 2. The Bertz CT molecular complexity index is 4270. The summed E-state index contributed by atoms with van der Waals surface area (Å²) in [7, 11) is 0. The van der Waals surface area contributed by atoms with Gasteiger partial charge in [-0.1, -0.05) is 327 Å². The molecular weight excluding hydrogens is 1130 g/mol. The minimum atomic E-state index is -0.284. The molecule has 92 heavy (non-hydrogen) atoms. The number of hydrogen-bond acceptors (Lipinski definition) is 2. The SMILES string of the molecule is CC(C)(C)c1ccc(-c2cccc(-c3ccc(C(C)(C)C)cc3)c2N2c3cc(Cl)ccc3B3c4ccc(-c5cc(C(C)(C)C)cc(C(C)(C)C)c5)cc4N(c4c(-c5ccc(C(C)(C)C)cc5)cccc4-c4ccc(C(C)(C)C)cc4)c4cc(C(C)(C)C)cc2c43)cc1. The highest BCUT2D eigenvalue weighted by atomic mass is 35.5. The van der Waals surface area contributed by atoms with Crippen LogP contribution in [-0.2, 0) is 37.9 Å². The Balaban J connectivity index is 1.25. The highest BCUT2D eigenvalue weighted by Gasteiger charge is 2.46. The fourth-order valence-corrected chi connectivity index (χ4v) is 14.0. The second kappa shape index (κ2) is 22.7. The van der Waals surface area contributed by atoms with Gasteiger partial charge in [-0.05, 0) is 157 Å². The fourth-order valence-electron chi connectivity index (χ4n) is 13.8. The molecular formula is C88H96BClN2. The maximum atomic E-state index is 7.50. The second-order valence-corrected chi connectivity index (χ2v) is 34.2. The van der Waals surface area contributed by atoms with Gasteiger partial charge in [0.05, 0.1) is 11.4 Å². The molecule has 2 nitrogen and oxygen atoms in total. The predicted molar refractivity (Wildman–Crippen MR) is 404 cm³/mol. The lowest BCUT2D eigenvalue weighted by atomic mass is 9.33. The lowest BCUT2D eigenvalue weighted by Crippen LogP contribution is -2.61. The monoisotopic (exact) mass is 1230 g/mol. The molecule has 4 heteroatoms.